The molecule has 10 nitrogen and oxygen atoms in total. The molecule has 14 heteroatoms. The fourth-order valence-electron chi connectivity index (χ4n) is 3.97. The first-order valence-electron chi connectivity index (χ1n) is 11.3. The molecule has 4 heterocycles. The summed E-state index contributed by atoms with van der Waals surface area (Å²) in [7, 11) is -3.14. The van der Waals surface area contributed by atoms with Crippen LogP contribution in [0.15, 0.2) is 36.7 Å². The molecule has 1 atom stereocenters. The van der Waals surface area contributed by atoms with Crippen molar-refractivity contribution in [2.45, 2.75) is 44.5 Å². The minimum absolute atomic E-state index is 0.0406. The lowest BCUT2D eigenvalue weighted by Gasteiger charge is -2.34. The average Bonchev–Trinajstić information content (AvgIpc) is 3.20. The summed E-state index contributed by atoms with van der Waals surface area (Å²) in [5.74, 6) is -0.917. The van der Waals surface area contributed by atoms with Crippen LogP contribution < -0.4 is 14.8 Å². The number of aromatic nitrogens is 3. The minimum Gasteiger partial charge on any atom is -0.478 e. The molecule has 1 saturated heterocycles. The highest BCUT2D eigenvalue weighted by atomic mass is 32.2. The molecule has 0 spiro atoms. The van der Waals surface area contributed by atoms with Crippen molar-refractivity contribution in [1.29, 1.82) is 0 Å². The van der Waals surface area contributed by atoms with E-state index in [1.807, 2.05) is 0 Å². The number of aliphatic hydroxyl groups excluding tert-OH is 1. The third-order valence-electron chi connectivity index (χ3n) is 5.96. The van der Waals surface area contributed by atoms with Crippen LogP contribution in [0.5, 0.6) is 17.4 Å². The topological polar surface area (TPSA) is 132 Å². The molecule has 1 aliphatic rings. The highest BCUT2D eigenvalue weighted by Crippen LogP contribution is 2.33. The average molecular weight is 543 g/mol. The molecule has 1 unspecified atom stereocenters. The summed E-state index contributed by atoms with van der Waals surface area (Å²) < 4.78 is 73.1. The Bertz CT molecular complexity index is 1410. The molecule has 200 valence electrons. The van der Waals surface area contributed by atoms with E-state index in [-0.39, 0.29) is 53.0 Å². The van der Waals surface area contributed by atoms with Gasteiger partial charge in [-0.15, -0.1) is 0 Å². The Morgan fingerprint density at radius 1 is 1.30 bits per heavy atom. The van der Waals surface area contributed by atoms with Gasteiger partial charge in [0.25, 0.3) is 11.8 Å². The number of carbonyl (C=O) groups excluding carboxylic acids is 1. The number of hydrogen-bond acceptors (Lipinski definition) is 8. The van der Waals surface area contributed by atoms with Gasteiger partial charge in [-0.05, 0) is 44.9 Å². The third-order valence-corrected chi connectivity index (χ3v) is 7.62. The Morgan fingerprint density at radius 3 is 2.65 bits per heavy atom. The highest BCUT2D eigenvalue weighted by molar-refractivity contribution is 7.91. The van der Waals surface area contributed by atoms with Crippen LogP contribution in [0.4, 0.5) is 13.2 Å². The van der Waals surface area contributed by atoms with Crippen molar-refractivity contribution in [1.82, 2.24) is 19.9 Å². The number of fused-ring (bicyclic) bond motifs is 1. The number of nitrogens with one attached hydrogen (secondary N) is 1. The van der Waals surface area contributed by atoms with Crippen LogP contribution in [0.3, 0.4) is 0 Å². The molecule has 2 N–H and O–H groups in total. The lowest BCUT2D eigenvalue weighted by molar-refractivity contribution is -0.153. The van der Waals surface area contributed by atoms with Gasteiger partial charge in [-0.2, -0.15) is 18.3 Å². The number of aliphatic hydroxyl groups is 1. The zero-order valence-corrected chi connectivity index (χ0v) is 20.8. The summed E-state index contributed by atoms with van der Waals surface area (Å²) in [4.78, 5) is 17.1. The Morgan fingerprint density at radius 2 is 2.00 bits per heavy atom. The van der Waals surface area contributed by atoms with Crippen LogP contribution in [-0.4, -0.2) is 63.9 Å². The number of halogens is 3. The van der Waals surface area contributed by atoms with Crippen molar-refractivity contribution >= 4 is 21.3 Å². The van der Waals surface area contributed by atoms with E-state index in [0.29, 0.717) is 5.52 Å². The predicted molar refractivity (Wildman–Crippen MR) is 125 cm³/mol. The van der Waals surface area contributed by atoms with Gasteiger partial charge in [0.05, 0.1) is 23.1 Å². The van der Waals surface area contributed by atoms with E-state index in [4.69, 9.17) is 9.47 Å². The zero-order valence-electron chi connectivity index (χ0n) is 19.9. The predicted octanol–water partition coefficient (Wildman–Crippen LogP) is 3.21. The number of sulfone groups is 1. The quantitative estimate of drug-likeness (QED) is 0.465. The molecule has 0 aliphatic carbocycles. The van der Waals surface area contributed by atoms with Gasteiger partial charge < -0.3 is 19.9 Å². The lowest BCUT2D eigenvalue weighted by Crippen LogP contribution is -2.51. The maximum atomic E-state index is 13.2. The van der Waals surface area contributed by atoms with Crippen LogP contribution in [-0.2, 0) is 9.84 Å². The summed E-state index contributed by atoms with van der Waals surface area (Å²) >= 11 is 0. The number of pyridine rings is 2. The Hall–Kier alpha value is -3.39. The number of rotatable bonds is 7. The molecule has 3 aromatic heterocycles. The first kappa shape index (κ1) is 26.7. The van der Waals surface area contributed by atoms with E-state index in [0.717, 1.165) is 0 Å². The summed E-state index contributed by atoms with van der Waals surface area (Å²) in [6.07, 6.45) is -2.38. The van der Waals surface area contributed by atoms with Crippen molar-refractivity contribution in [3.8, 4) is 17.4 Å². The van der Waals surface area contributed by atoms with Crippen molar-refractivity contribution in [3.05, 3.63) is 47.9 Å². The van der Waals surface area contributed by atoms with Gasteiger partial charge in [0.1, 0.15) is 15.6 Å². The molecular formula is C23H25F3N4O6S. The number of alkyl halides is 3. The van der Waals surface area contributed by atoms with Gasteiger partial charge in [-0.3, -0.25) is 4.79 Å². The second-order valence-electron chi connectivity index (χ2n) is 9.11. The number of amides is 1. The molecule has 0 bridgehead atoms. The first-order chi connectivity index (χ1) is 17.3. The SMILES string of the molecule is CC(O)c1c(C(=O)NC2(C)CCS(=O)(=O)CC2)nn2ccc(Oc3ncccc3OCC(F)(F)F)cc12. The summed E-state index contributed by atoms with van der Waals surface area (Å²) in [5.41, 5.74) is -0.282. The van der Waals surface area contributed by atoms with Crippen molar-refractivity contribution in [3.63, 3.8) is 0 Å². The third kappa shape index (κ3) is 6.31. The fourth-order valence-corrected chi connectivity index (χ4v) is 5.70. The van der Waals surface area contributed by atoms with E-state index in [1.165, 1.54) is 48.1 Å². The lowest BCUT2D eigenvalue weighted by atomic mass is 9.94. The summed E-state index contributed by atoms with van der Waals surface area (Å²) in [6.45, 7) is 1.69. The number of carbonyl (C=O) groups is 1. The first-order valence-corrected chi connectivity index (χ1v) is 13.1. The van der Waals surface area contributed by atoms with Crippen molar-refractivity contribution < 1.29 is 41.0 Å². The molecular weight excluding hydrogens is 517 g/mol. The molecule has 0 saturated carbocycles. The second kappa shape index (κ2) is 9.82. The van der Waals surface area contributed by atoms with Gasteiger partial charge in [-0.1, -0.05) is 0 Å². The minimum atomic E-state index is -4.55. The number of ether oxygens (including phenoxy) is 2. The second-order valence-corrected chi connectivity index (χ2v) is 11.4. The fraction of sp³-hybridized carbons (Fsp3) is 0.435. The molecule has 1 amide bonds. The molecule has 1 aliphatic heterocycles. The van der Waals surface area contributed by atoms with Crippen LogP contribution in [0.1, 0.15) is 48.8 Å². The van der Waals surface area contributed by atoms with Crippen LogP contribution in [0.25, 0.3) is 5.52 Å². The monoisotopic (exact) mass is 542 g/mol. The molecule has 37 heavy (non-hydrogen) atoms. The molecule has 1 fully saturated rings. The van der Waals surface area contributed by atoms with E-state index in [1.54, 1.807) is 6.92 Å². The Labute approximate surface area is 210 Å². The standard InChI is InChI=1S/C23H25F3N4O6S/c1-14(31)18-16-12-15(36-21-17(4-3-8-27-21)35-13-23(24,25)26)5-9-30(16)29-19(18)20(32)28-22(2)6-10-37(33,34)11-7-22/h3-5,8-9,12,14,31H,6-7,10-11,13H2,1-2H3,(H,28,32). The van der Waals surface area contributed by atoms with Gasteiger partial charge in [0.2, 0.25) is 0 Å². The number of nitrogens with zero attached hydrogens (tertiary/aromatic N) is 3. The maximum absolute atomic E-state index is 13.2. The molecule has 0 radical (unpaired) electrons. The van der Waals surface area contributed by atoms with Crippen molar-refractivity contribution in [2.75, 3.05) is 18.1 Å². The van der Waals surface area contributed by atoms with E-state index in [2.05, 4.69) is 15.4 Å². The van der Waals surface area contributed by atoms with Gasteiger partial charge in [0.15, 0.2) is 18.1 Å². The van der Waals surface area contributed by atoms with Crippen LogP contribution in [0.2, 0.25) is 0 Å². The summed E-state index contributed by atoms with van der Waals surface area (Å²) in [5, 5.41) is 17.6. The van der Waals surface area contributed by atoms with Crippen molar-refractivity contribution in [2.24, 2.45) is 0 Å². The summed E-state index contributed by atoms with van der Waals surface area (Å²) in [6, 6.07) is 5.61. The van der Waals surface area contributed by atoms with Gasteiger partial charge in [0, 0.05) is 29.6 Å². The zero-order chi connectivity index (χ0) is 27.0. The van der Waals surface area contributed by atoms with Gasteiger partial charge >= 0.3 is 6.18 Å². The largest absolute Gasteiger partial charge is 0.478 e. The maximum Gasteiger partial charge on any atom is 0.422 e. The Kier molecular flexibility index (Phi) is 7.08. The molecule has 3 aromatic rings. The highest BCUT2D eigenvalue weighted by Gasteiger charge is 2.36. The Balaban J connectivity index is 1.61. The smallest absolute Gasteiger partial charge is 0.422 e. The van der Waals surface area contributed by atoms with E-state index >= 15 is 0 Å². The van der Waals surface area contributed by atoms with Crippen LogP contribution >= 0.6 is 0 Å². The number of hydrogen-bond donors (Lipinski definition) is 2. The molecule has 0 aromatic carbocycles. The molecule has 4 rings (SSSR count). The van der Waals surface area contributed by atoms with Crippen LogP contribution in [0, 0.1) is 0 Å². The normalized spacial score (nSPS) is 17.8. The van der Waals surface area contributed by atoms with E-state index < -0.39 is 40.2 Å². The van der Waals surface area contributed by atoms with Gasteiger partial charge in [-0.25, -0.2) is 17.9 Å². The van der Waals surface area contributed by atoms with E-state index in [9.17, 15) is 31.5 Å².